The lowest BCUT2D eigenvalue weighted by molar-refractivity contribution is 0.605. The highest BCUT2D eigenvalue weighted by atomic mass is 14.8. The summed E-state index contributed by atoms with van der Waals surface area (Å²) in [6, 6.07) is 9.70. The molecule has 2 nitrogen and oxygen atoms in total. The van der Waals surface area contributed by atoms with Gasteiger partial charge >= 0.3 is 0 Å². The van der Waals surface area contributed by atoms with E-state index in [1.807, 2.05) is 0 Å². The van der Waals surface area contributed by atoms with Crippen molar-refractivity contribution in [3.8, 4) is 0 Å². The molecule has 0 aliphatic heterocycles. The number of hydrogen-bond acceptors (Lipinski definition) is 2. The number of benzene rings is 2. The van der Waals surface area contributed by atoms with Crippen LogP contribution in [0.2, 0.25) is 0 Å². The Bertz CT molecular complexity index is 1230. The quantitative estimate of drug-likeness (QED) is 0.0636. The van der Waals surface area contributed by atoms with Crippen LogP contribution in [-0.4, -0.2) is 11.4 Å². The van der Waals surface area contributed by atoms with Crippen molar-refractivity contribution in [2.24, 2.45) is 9.98 Å². The van der Waals surface area contributed by atoms with Gasteiger partial charge in [0.05, 0.1) is 22.8 Å². The molecule has 2 aromatic carbocycles. The molecular formula is C47H78N2. The fraction of sp³-hybridized carbons (Fsp3) is 0.702. The Labute approximate surface area is 305 Å². The van der Waals surface area contributed by atoms with Crippen LogP contribution in [0, 0.1) is 0 Å². The number of rotatable bonds is 28. The van der Waals surface area contributed by atoms with E-state index in [0.717, 1.165) is 35.6 Å². The second kappa shape index (κ2) is 26.6. The van der Waals surface area contributed by atoms with Crippen molar-refractivity contribution in [1.82, 2.24) is 0 Å². The Hall–Kier alpha value is -2.22. The maximum absolute atomic E-state index is 5.39. The van der Waals surface area contributed by atoms with Gasteiger partial charge in [-0.25, -0.2) is 0 Å². The molecule has 0 saturated heterocycles. The first kappa shape index (κ1) is 42.9. The van der Waals surface area contributed by atoms with E-state index in [9.17, 15) is 0 Å². The Morgan fingerprint density at radius 3 is 1.22 bits per heavy atom. The summed E-state index contributed by atoms with van der Waals surface area (Å²) < 4.78 is 0. The van der Waals surface area contributed by atoms with Gasteiger partial charge in [0.2, 0.25) is 0 Å². The first-order valence-electron chi connectivity index (χ1n) is 21.4. The normalized spacial score (nSPS) is 12.3. The molecule has 0 radical (unpaired) electrons. The standard InChI is InChI=1S/C47H78N2/c1-9-16-21-23-25-27-30-41-35-43(34-39(14-6)45(41)32-19-12-4)48-38(8)47(15-7)49-44-36-40(29-18-11-3)46(33-20-13-5)42(37-44)31-28-26-24-22-17-10-2/h34-37H,9-33H2,1-8H3. The molecular weight excluding hydrogens is 593 g/mol. The molecule has 0 aliphatic rings. The molecule has 49 heavy (non-hydrogen) atoms. The van der Waals surface area contributed by atoms with Crippen LogP contribution in [0.1, 0.15) is 211 Å². The van der Waals surface area contributed by atoms with Gasteiger partial charge in [-0.15, -0.1) is 0 Å². The third kappa shape index (κ3) is 16.1. The van der Waals surface area contributed by atoms with Gasteiger partial charge in [-0.05, 0) is 142 Å². The first-order valence-corrected chi connectivity index (χ1v) is 21.4. The van der Waals surface area contributed by atoms with E-state index in [2.05, 4.69) is 79.7 Å². The molecule has 0 N–H and O–H groups in total. The predicted molar refractivity (Wildman–Crippen MR) is 222 cm³/mol. The molecule has 0 amide bonds. The van der Waals surface area contributed by atoms with Gasteiger partial charge in [-0.1, -0.05) is 132 Å². The average molecular weight is 671 g/mol. The highest BCUT2D eigenvalue weighted by molar-refractivity contribution is 6.42. The molecule has 0 heterocycles. The van der Waals surface area contributed by atoms with Crippen molar-refractivity contribution < 1.29 is 0 Å². The van der Waals surface area contributed by atoms with E-state index in [1.54, 1.807) is 27.8 Å². The molecule has 2 aromatic rings. The summed E-state index contributed by atoms with van der Waals surface area (Å²) >= 11 is 0. The van der Waals surface area contributed by atoms with Gasteiger partial charge in [-0.2, -0.15) is 0 Å². The molecule has 2 heteroatoms. The van der Waals surface area contributed by atoms with Crippen molar-refractivity contribution in [2.45, 2.75) is 216 Å². The van der Waals surface area contributed by atoms with Crippen molar-refractivity contribution in [2.75, 3.05) is 0 Å². The molecule has 276 valence electrons. The minimum atomic E-state index is 0.893. The largest absolute Gasteiger partial charge is 0.252 e. The van der Waals surface area contributed by atoms with Crippen LogP contribution < -0.4 is 0 Å². The third-order valence-electron chi connectivity index (χ3n) is 10.5. The summed E-state index contributed by atoms with van der Waals surface area (Å²) in [5.74, 6) is 0. The van der Waals surface area contributed by atoms with Crippen LogP contribution >= 0.6 is 0 Å². The maximum atomic E-state index is 5.39. The lowest BCUT2D eigenvalue weighted by atomic mass is 9.90. The summed E-state index contributed by atoms with van der Waals surface area (Å²) in [6.07, 6.45) is 31.6. The Morgan fingerprint density at radius 2 is 0.776 bits per heavy atom. The zero-order chi connectivity index (χ0) is 35.7. The predicted octanol–water partition coefficient (Wildman–Crippen LogP) is 15.4. The third-order valence-corrected chi connectivity index (χ3v) is 10.5. The molecule has 0 aliphatic carbocycles. The van der Waals surface area contributed by atoms with E-state index < -0.39 is 0 Å². The van der Waals surface area contributed by atoms with E-state index in [1.165, 1.54) is 153 Å². The molecule has 0 spiro atoms. The van der Waals surface area contributed by atoms with Gasteiger partial charge in [0.15, 0.2) is 0 Å². The number of aryl methyl sites for hydroxylation is 4. The molecule has 0 unspecified atom stereocenters. The maximum Gasteiger partial charge on any atom is 0.0639 e. The number of unbranched alkanes of at least 4 members (excludes halogenated alkanes) is 13. The van der Waals surface area contributed by atoms with E-state index in [0.29, 0.717) is 0 Å². The van der Waals surface area contributed by atoms with Crippen LogP contribution in [0.5, 0.6) is 0 Å². The minimum Gasteiger partial charge on any atom is -0.252 e. The van der Waals surface area contributed by atoms with E-state index >= 15 is 0 Å². The Balaban J connectivity index is 2.47. The number of nitrogens with zero attached hydrogens (tertiary/aromatic N) is 2. The zero-order valence-electron chi connectivity index (χ0n) is 33.9. The summed E-state index contributed by atoms with van der Waals surface area (Å²) in [7, 11) is 0. The smallest absolute Gasteiger partial charge is 0.0639 e. The van der Waals surface area contributed by atoms with Gasteiger partial charge in [0.25, 0.3) is 0 Å². The fourth-order valence-corrected chi connectivity index (χ4v) is 7.41. The van der Waals surface area contributed by atoms with Crippen LogP contribution in [0.15, 0.2) is 34.3 Å². The van der Waals surface area contributed by atoms with Gasteiger partial charge in [0, 0.05) is 0 Å². The zero-order valence-corrected chi connectivity index (χ0v) is 33.9. The topological polar surface area (TPSA) is 24.7 Å². The van der Waals surface area contributed by atoms with Gasteiger partial charge in [-0.3, -0.25) is 9.98 Å². The second-order valence-corrected chi connectivity index (χ2v) is 14.8. The summed E-state index contributed by atoms with van der Waals surface area (Å²) in [4.78, 5) is 10.7. The molecule has 0 aromatic heterocycles. The average Bonchev–Trinajstić information content (AvgIpc) is 3.11. The monoisotopic (exact) mass is 671 g/mol. The van der Waals surface area contributed by atoms with Crippen LogP contribution in [0.4, 0.5) is 11.4 Å². The second-order valence-electron chi connectivity index (χ2n) is 14.8. The molecule has 0 saturated carbocycles. The van der Waals surface area contributed by atoms with Crippen molar-refractivity contribution >= 4 is 22.8 Å². The molecule has 2 rings (SSSR count). The van der Waals surface area contributed by atoms with Crippen molar-refractivity contribution in [3.63, 3.8) is 0 Å². The molecule has 0 atom stereocenters. The summed E-state index contributed by atoms with van der Waals surface area (Å²) in [5, 5.41) is 0. The lowest BCUT2D eigenvalue weighted by Crippen LogP contribution is -2.09. The summed E-state index contributed by atoms with van der Waals surface area (Å²) in [6.45, 7) is 18.3. The number of hydrogen-bond donors (Lipinski definition) is 0. The molecule has 0 fully saturated rings. The lowest BCUT2D eigenvalue weighted by Gasteiger charge is -2.17. The molecule has 0 bridgehead atoms. The number of aliphatic imine (C=N–C) groups is 2. The Kier molecular flexibility index (Phi) is 23.3. The van der Waals surface area contributed by atoms with E-state index in [-0.39, 0.29) is 0 Å². The Morgan fingerprint density at radius 1 is 0.408 bits per heavy atom. The van der Waals surface area contributed by atoms with Crippen molar-refractivity contribution in [1.29, 1.82) is 0 Å². The van der Waals surface area contributed by atoms with Crippen LogP contribution in [0.3, 0.4) is 0 Å². The highest BCUT2D eigenvalue weighted by Crippen LogP contribution is 2.30. The van der Waals surface area contributed by atoms with Crippen LogP contribution in [0.25, 0.3) is 0 Å². The summed E-state index contributed by atoms with van der Waals surface area (Å²) in [5.41, 5.74) is 13.9. The first-order chi connectivity index (χ1) is 24.0. The van der Waals surface area contributed by atoms with Gasteiger partial charge in [0.1, 0.15) is 0 Å². The fourth-order valence-electron chi connectivity index (χ4n) is 7.41. The van der Waals surface area contributed by atoms with Crippen molar-refractivity contribution in [3.05, 3.63) is 57.6 Å². The van der Waals surface area contributed by atoms with Gasteiger partial charge < -0.3 is 0 Å². The van der Waals surface area contributed by atoms with E-state index in [4.69, 9.17) is 9.98 Å². The highest BCUT2D eigenvalue weighted by Gasteiger charge is 2.14. The SMILES string of the molecule is CCCCCCCCc1cc(N=C(C)C(CC)=Nc2cc(CCCC)c(CCCC)c(CCCCCCCC)c2)cc(CC)c1CCCC. The minimum absolute atomic E-state index is 0.893. The van der Waals surface area contributed by atoms with Crippen LogP contribution in [-0.2, 0) is 38.5 Å².